The number of benzene rings is 1. The van der Waals surface area contributed by atoms with Gasteiger partial charge in [-0.15, -0.1) is 0 Å². The molecule has 0 fully saturated rings. The standard InChI is InChI=1S/C16H16I3N3O7/c1-7(23)28-4-3-20-15(26)12-9(17)5-10(18)13(14(12)19)16(27)22-21-11(25)6-29-8(2)24/h5H,3-4,6H2,1-2H3,(H,20,26)(H,21,25)(H,22,27). The zero-order chi connectivity index (χ0) is 22.1. The van der Waals surface area contributed by atoms with E-state index < -0.39 is 36.3 Å². The van der Waals surface area contributed by atoms with Gasteiger partial charge in [0.05, 0.1) is 17.7 Å². The molecule has 0 bridgehead atoms. The van der Waals surface area contributed by atoms with Crippen LogP contribution in [-0.2, 0) is 23.9 Å². The van der Waals surface area contributed by atoms with Crippen molar-refractivity contribution in [2.75, 3.05) is 19.8 Å². The number of halogens is 3. The first kappa shape index (κ1) is 25.8. The minimum atomic E-state index is -0.715. The van der Waals surface area contributed by atoms with Crippen LogP contribution < -0.4 is 16.2 Å². The van der Waals surface area contributed by atoms with Crippen LogP contribution in [0.25, 0.3) is 0 Å². The molecule has 1 aromatic rings. The minimum Gasteiger partial charge on any atom is -0.464 e. The first-order valence-corrected chi connectivity index (χ1v) is 11.1. The molecule has 0 radical (unpaired) electrons. The number of hydrogen-bond donors (Lipinski definition) is 3. The maximum Gasteiger partial charge on any atom is 0.303 e. The van der Waals surface area contributed by atoms with Gasteiger partial charge in [-0.1, -0.05) is 0 Å². The summed E-state index contributed by atoms with van der Waals surface area (Å²) in [6.07, 6.45) is 0. The summed E-state index contributed by atoms with van der Waals surface area (Å²) in [4.78, 5) is 58.1. The third-order valence-corrected chi connectivity index (χ3v) is 5.82. The van der Waals surface area contributed by atoms with Gasteiger partial charge in [0.2, 0.25) is 0 Å². The van der Waals surface area contributed by atoms with E-state index in [1.165, 1.54) is 6.92 Å². The van der Waals surface area contributed by atoms with E-state index in [4.69, 9.17) is 4.74 Å². The Balaban J connectivity index is 2.90. The number of carbonyl (C=O) groups is 5. The van der Waals surface area contributed by atoms with Crippen LogP contribution in [0.3, 0.4) is 0 Å². The van der Waals surface area contributed by atoms with Gasteiger partial charge >= 0.3 is 11.9 Å². The summed E-state index contributed by atoms with van der Waals surface area (Å²) in [6.45, 7) is 2.03. The molecule has 10 nitrogen and oxygen atoms in total. The van der Waals surface area contributed by atoms with Gasteiger partial charge in [-0.25, -0.2) is 0 Å². The number of carbonyl (C=O) groups excluding carboxylic acids is 5. The highest BCUT2D eigenvalue weighted by atomic mass is 127. The molecule has 29 heavy (non-hydrogen) atoms. The molecular weight excluding hydrogens is 727 g/mol. The lowest BCUT2D eigenvalue weighted by Gasteiger charge is -2.15. The molecule has 158 valence electrons. The number of esters is 2. The fourth-order valence-corrected chi connectivity index (χ4v) is 6.20. The van der Waals surface area contributed by atoms with Crippen LogP contribution in [0.15, 0.2) is 6.07 Å². The third kappa shape index (κ3) is 8.57. The van der Waals surface area contributed by atoms with Crippen molar-refractivity contribution in [1.29, 1.82) is 0 Å². The van der Waals surface area contributed by atoms with Crippen molar-refractivity contribution in [3.05, 3.63) is 27.9 Å². The van der Waals surface area contributed by atoms with Crippen molar-refractivity contribution in [2.45, 2.75) is 13.8 Å². The molecule has 0 aliphatic carbocycles. The second-order valence-electron chi connectivity index (χ2n) is 5.28. The summed E-state index contributed by atoms with van der Waals surface area (Å²) in [7, 11) is 0. The Hall–Kier alpha value is -1.24. The Labute approximate surface area is 207 Å². The lowest BCUT2D eigenvalue weighted by atomic mass is 10.1. The summed E-state index contributed by atoms with van der Waals surface area (Å²) >= 11 is 5.81. The van der Waals surface area contributed by atoms with Gasteiger partial charge in [0.25, 0.3) is 17.7 Å². The lowest BCUT2D eigenvalue weighted by Crippen LogP contribution is -2.44. The van der Waals surface area contributed by atoms with E-state index in [1.54, 1.807) is 6.07 Å². The Morgan fingerprint density at radius 1 is 0.862 bits per heavy atom. The second-order valence-corrected chi connectivity index (χ2v) is 8.69. The molecule has 0 heterocycles. The van der Waals surface area contributed by atoms with Gasteiger partial charge in [0.15, 0.2) is 6.61 Å². The summed E-state index contributed by atoms with van der Waals surface area (Å²) in [5, 5.41) is 2.62. The van der Waals surface area contributed by atoms with Crippen LogP contribution in [0.1, 0.15) is 34.6 Å². The number of rotatable bonds is 7. The van der Waals surface area contributed by atoms with Crippen LogP contribution >= 0.6 is 67.8 Å². The van der Waals surface area contributed by atoms with Crippen LogP contribution in [-0.4, -0.2) is 49.4 Å². The van der Waals surface area contributed by atoms with Crippen molar-refractivity contribution in [3.63, 3.8) is 0 Å². The smallest absolute Gasteiger partial charge is 0.303 e. The number of ether oxygens (including phenoxy) is 2. The SMILES string of the molecule is CC(=O)OCCNC(=O)c1c(I)cc(I)c(C(=O)NNC(=O)COC(C)=O)c1I. The van der Waals surface area contributed by atoms with Crippen molar-refractivity contribution < 1.29 is 33.4 Å². The van der Waals surface area contributed by atoms with Crippen LogP contribution in [0.4, 0.5) is 0 Å². The van der Waals surface area contributed by atoms with Gasteiger partial charge in [-0.2, -0.15) is 0 Å². The van der Waals surface area contributed by atoms with E-state index in [9.17, 15) is 24.0 Å². The van der Waals surface area contributed by atoms with Crippen molar-refractivity contribution >= 4 is 97.4 Å². The Bertz CT molecular complexity index is 846. The normalized spacial score (nSPS) is 9.97. The molecule has 0 aromatic heterocycles. The predicted octanol–water partition coefficient (Wildman–Crippen LogP) is 1.12. The monoisotopic (exact) mass is 743 g/mol. The molecule has 0 unspecified atom stereocenters. The molecule has 3 N–H and O–H groups in total. The zero-order valence-corrected chi connectivity index (χ0v) is 21.7. The summed E-state index contributed by atoms with van der Waals surface area (Å²) in [6, 6.07) is 1.65. The Kier molecular flexibility index (Phi) is 11.1. The van der Waals surface area contributed by atoms with Gasteiger partial charge in [-0.05, 0) is 73.8 Å². The average molecular weight is 743 g/mol. The summed E-state index contributed by atoms with van der Waals surface area (Å²) in [5.41, 5.74) is 4.84. The van der Waals surface area contributed by atoms with Gasteiger partial charge < -0.3 is 14.8 Å². The first-order valence-electron chi connectivity index (χ1n) is 7.86. The molecule has 0 saturated carbocycles. The number of hydrogen-bond acceptors (Lipinski definition) is 7. The minimum absolute atomic E-state index is 0.0281. The maximum atomic E-state index is 12.5. The molecular formula is C16H16I3N3O7. The average Bonchev–Trinajstić information content (AvgIpc) is 2.61. The number of nitrogens with one attached hydrogen (secondary N) is 3. The van der Waals surface area contributed by atoms with E-state index >= 15 is 0 Å². The van der Waals surface area contributed by atoms with Crippen LogP contribution in [0.5, 0.6) is 0 Å². The fraction of sp³-hybridized carbons (Fsp3) is 0.312. The van der Waals surface area contributed by atoms with Gasteiger partial charge in [0.1, 0.15) is 6.61 Å². The summed E-state index contributed by atoms with van der Waals surface area (Å²) in [5.74, 6) is -2.87. The predicted molar refractivity (Wildman–Crippen MR) is 126 cm³/mol. The molecule has 0 aliphatic heterocycles. The van der Waals surface area contributed by atoms with Crippen molar-refractivity contribution in [1.82, 2.24) is 16.2 Å². The molecule has 13 heteroatoms. The van der Waals surface area contributed by atoms with E-state index in [0.717, 1.165) is 6.92 Å². The molecule has 1 aromatic carbocycles. The Morgan fingerprint density at radius 2 is 1.41 bits per heavy atom. The van der Waals surface area contributed by atoms with E-state index in [-0.39, 0.29) is 24.3 Å². The maximum absolute atomic E-state index is 12.5. The van der Waals surface area contributed by atoms with E-state index in [2.05, 4.69) is 20.9 Å². The van der Waals surface area contributed by atoms with E-state index in [1.807, 2.05) is 67.8 Å². The first-order chi connectivity index (χ1) is 13.5. The van der Waals surface area contributed by atoms with Crippen molar-refractivity contribution in [2.24, 2.45) is 0 Å². The van der Waals surface area contributed by atoms with Crippen molar-refractivity contribution in [3.8, 4) is 0 Å². The third-order valence-electron chi connectivity index (χ3n) is 3.04. The highest BCUT2D eigenvalue weighted by Gasteiger charge is 2.24. The van der Waals surface area contributed by atoms with Gasteiger partial charge in [-0.3, -0.25) is 34.8 Å². The highest BCUT2D eigenvalue weighted by molar-refractivity contribution is 14.1. The lowest BCUT2D eigenvalue weighted by molar-refractivity contribution is -0.146. The number of amides is 3. The van der Waals surface area contributed by atoms with Crippen LogP contribution in [0.2, 0.25) is 0 Å². The highest BCUT2D eigenvalue weighted by Crippen LogP contribution is 2.27. The summed E-state index contributed by atoms with van der Waals surface area (Å²) < 4.78 is 10.9. The second kappa shape index (κ2) is 12.5. The quantitative estimate of drug-likeness (QED) is 0.165. The largest absolute Gasteiger partial charge is 0.464 e. The molecule has 1 rings (SSSR count). The molecule has 0 aliphatic rings. The molecule has 3 amide bonds. The molecule has 0 spiro atoms. The molecule has 0 saturated heterocycles. The van der Waals surface area contributed by atoms with Crippen LogP contribution in [0, 0.1) is 10.7 Å². The van der Waals surface area contributed by atoms with Gasteiger partial charge in [0, 0.05) is 24.6 Å². The Morgan fingerprint density at radius 3 is 1.97 bits per heavy atom. The molecule has 0 atom stereocenters. The fourth-order valence-electron chi connectivity index (χ4n) is 1.85. The zero-order valence-electron chi connectivity index (χ0n) is 15.2. The number of hydrazine groups is 1. The topological polar surface area (TPSA) is 140 Å². The van der Waals surface area contributed by atoms with E-state index in [0.29, 0.717) is 10.7 Å².